The fraction of sp³-hybridized carbons (Fsp3) is 0.906. The van der Waals surface area contributed by atoms with E-state index < -0.39 is 75.1 Å². The van der Waals surface area contributed by atoms with Gasteiger partial charge in [0, 0.05) is 60.7 Å². The summed E-state index contributed by atoms with van der Waals surface area (Å²) in [6.07, 6.45) is 2.30. The monoisotopic (exact) mass is 591 g/mol. The lowest BCUT2D eigenvalue weighted by molar-refractivity contribution is -0.354. The van der Waals surface area contributed by atoms with Crippen LogP contribution in [0.5, 0.6) is 0 Å². The lowest BCUT2D eigenvalue weighted by Crippen LogP contribution is -2.85. The molecule has 236 valence electrons. The van der Waals surface area contributed by atoms with Gasteiger partial charge < -0.3 is 40.1 Å². The summed E-state index contributed by atoms with van der Waals surface area (Å²) in [6.45, 7) is 10.1. The van der Waals surface area contributed by atoms with Gasteiger partial charge in [0.05, 0.1) is 11.7 Å². The molecule has 1 spiro atoms. The number of esters is 1. The molecule has 0 aromatic carbocycles. The second kappa shape index (κ2) is 8.57. The Morgan fingerprint density at radius 1 is 0.952 bits per heavy atom. The van der Waals surface area contributed by atoms with Crippen molar-refractivity contribution in [1.82, 2.24) is 4.90 Å². The van der Waals surface area contributed by atoms with Gasteiger partial charge in [-0.1, -0.05) is 19.9 Å². The Morgan fingerprint density at radius 3 is 2.33 bits per heavy atom. The summed E-state index contributed by atoms with van der Waals surface area (Å²) in [6, 6.07) is -0.387. The first kappa shape index (κ1) is 29.6. The summed E-state index contributed by atoms with van der Waals surface area (Å²) in [4.78, 5) is 14.9. The number of fused-ring (bicyclic) bond motifs is 5. The molecule has 6 N–H and O–H groups in total. The molecule has 7 rings (SSSR count). The number of aliphatic hydroxyl groups is 6. The van der Waals surface area contributed by atoms with E-state index in [-0.39, 0.29) is 25.4 Å². The number of piperidine rings is 2. The zero-order valence-corrected chi connectivity index (χ0v) is 25.5. The van der Waals surface area contributed by atoms with Crippen LogP contribution in [0.2, 0.25) is 0 Å². The number of allylic oxidation sites excluding steroid dienone is 1. The highest BCUT2D eigenvalue weighted by Crippen LogP contribution is 2.78. The van der Waals surface area contributed by atoms with E-state index in [9.17, 15) is 35.4 Å². The molecule has 14 atom stereocenters. The van der Waals surface area contributed by atoms with Gasteiger partial charge >= 0.3 is 5.97 Å². The molecule has 3 saturated heterocycles. The maximum Gasteiger partial charge on any atom is 0.333 e. The topological polar surface area (TPSA) is 160 Å². The van der Waals surface area contributed by atoms with E-state index in [1.54, 1.807) is 26.8 Å². The highest BCUT2D eigenvalue weighted by Gasteiger charge is 2.88. The molecule has 3 heterocycles. The van der Waals surface area contributed by atoms with Crippen LogP contribution in [0.15, 0.2) is 11.6 Å². The predicted octanol–water partition coefficient (Wildman–Crippen LogP) is 0.991. The molecular formula is C32H49NO9. The molecule has 0 aromatic heterocycles. The molecule has 0 amide bonds. The predicted molar refractivity (Wildman–Crippen MR) is 150 cm³/mol. The lowest BCUT2D eigenvalue weighted by Gasteiger charge is -2.68. The summed E-state index contributed by atoms with van der Waals surface area (Å²) in [5, 5.41) is 73.9. The molecule has 7 fully saturated rings. The van der Waals surface area contributed by atoms with Crippen LogP contribution >= 0.6 is 0 Å². The molecule has 7 unspecified atom stereocenters. The van der Waals surface area contributed by atoms with Crippen molar-refractivity contribution in [2.24, 2.45) is 29.1 Å². The highest BCUT2D eigenvalue weighted by molar-refractivity contribution is 5.87. The number of rotatable bonds is 2. The third-order valence-corrected chi connectivity index (χ3v) is 14.1. The Hall–Kier alpha value is -1.11. The molecule has 7 aliphatic rings. The van der Waals surface area contributed by atoms with E-state index in [4.69, 9.17) is 9.47 Å². The van der Waals surface area contributed by atoms with Crippen LogP contribution in [0.1, 0.15) is 86.0 Å². The van der Waals surface area contributed by atoms with Gasteiger partial charge in [0.2, 0.25) is 5.79 Å². The number of hydrogen-bond donors (Lipinski definition) is 6. The Balaban J connectivity index is 1.32. The molecule has 4 bridgehead atoms. The van der Waals surface area contributed by atoms with Crippen molar-refractivity contribution >= 4 is 5.97 Å². The van der Waals surface area contributed by atoms with Gasteiger partial charge in [-0.15, -0.1) is 0 Å². The maximum absolute atomic E-state index is 12.9. The van der Waals surface area contributed by atoms with Gasteiger partial charge in [0.15, 0.2) is 6.10 Å². The van der Waals surface area contributed by atoms with Crippen LogP contribution in [0.4, 0.5) is 0 Å². The van der Waals surface area contributed by atoms with E-state index in [1.807, 2.05) is 6.92 Å². The summed E-state index contributed by atoms with van der Waals surface area (Å²) < 4.78 is 12.6. The molecule has 10 heteroatoms. The number of aliphatic hydroxyl groups excluding tert-OH is 1. The zero-order valence-electron chi connectivity index (χ0n) is 25.5. The summed E-state index contributed by atoms with van der Waals surface area (Å²) in [7, 11) is 0. The zero-order chi connectivity index (χ0) is 30.5. The van der Waals surface area contributed by atoms with Crippen LogP contribution in [-0.4, -0.2) is 107 Å². The van der Waals surface area contributed by atoms with E-state index in [0.717, 1.165) is 6.42 Å². The summed E-state index contributed by atoms with van der Waals surface area (Å²) >= 11 is 0. The molecule has 4 saturated carbocycles. The summed E-state index contributed by atoms with van der Waals surface area (Å²) in [5.41, 5.74) is -8.96. The number of hydrogen-bond acceptors (Lipinski definition) is 10. The first-order chi connectivity index (χ1) is 19.5. The van der Waals surface area contributed by atoms with Crippen LogP contribution in [0, 0.1) is 29.1 Å². The van der Waals surface area contributed by atoms with Gasteiger partial charge in [-0.05, 0) is 65.2 Å². The number of carbonyl (C=O) groups is 1. The average molecular weight is 592 g/mol. The van der Waals surface area contributed by atoms with E-state index >= 15 is 0 Å². The lowest BCUT2D eigenvalue weighted by atomic mass is 9.49. The second-order valence-electron chi connectivity index (χ2n) is 15.7. The Bertz CT molecular complexity index is 1220. The number of nitrogens with zero attached hydrogens (tertiary/aromatic N) is 1. The molecule has 0 radical (unpaired) electrons. The van der Waals surface area contributed by atoms with E-state index in [2.05, 4.69) is 11.8 Å². The van der Waals surface area contributed by atoms with Gasteiger partial charge in [-0.2, -0.15) is 0 Å². The fourth-order valence-electron chi connectivity index (χ4n) is 11.8. The van der Waals surface area contributed by atoms with Crippen molar-refractivity contribution in [2.45, 2.75) is 138 Å². The smallest absolute Gasteiger partial charge is 0.333 e. The van der Waals surface area contributed by atoms with Crippen molar-refractivity contribution in [3.8, 4) is 0 Å². The molecule has 0 aromatic rings. The van der Waals surface area contributed by atoms with Crippen LogP contribution in [0.25, 0.3) is 0 Å². The van der Waals surface area contributed by atoms with Crippen molar-refractivity contribution in [1.29, 1.82) is 0 Å². The van der Waals surface area contributed by atoms with E-state index in [1.165, 1.54) is 0 Å². The normalized spacial score (nSPS) is 60.3. The minimum Gasteiger partial charge on any atom is -0.453 e. The highest BCUT2D eigenvalue weighted by atomic mass is 16.7. The van der Waals surface area contributed by atoms with Gasteiger partial charge in [-0.25, -0.2) is 4.79 Å². The van der Waals surface area contributed by atoms with Crippen molar-refractivity contribution < 1.29 is 44.9 Å². The van der Waals surface area contributed by atoms with Crippen molar-refractivity contribution in [2.75, 3.05) is 13.1 Å². The third-order valence-electron chi connectivity index (χ3n) is 14.1. The number of ether oxygens (including phenoxy) is 2. The third kappa shape index (κ3) is 3.07. The van der Waals surface area contributed by atoms with Gasteiger partial charge in [0.1, 0.15) is 22.4 Å². The molecule has 3 aliphatic heterocycles. The quantitative estimate of drug-likeness (QED) is 0.202. The largest absolute Gasteiger partial charge is 0.453 e. The minimum absolute atomic E-state index is 0.0606. The average Bonchev–Trinajstić information content (AvgIpc) is 3.09. The first-order valence-corrected chi connectivity index (χ1v) is 16.0. The molecule has 42 heavy (non-hydrogen) atoms. The first-order valence-electron chi connectivity index (χ1n) is 16.0. The Morgan fingerprint density at radius 2 is 1.64 bits per heavy atom. The second-order valence-corrected chi connectivity index (χ2v) is 15.7. The summed E-state index contributed by atoms with van der Waals surface area (Å²) in [5.74, 6) is -4.05. The van der Waals surface area contributed by atoms with Crippen molar-refractivity contribution in [3.05, 3.63) is 11.6 Å². The fourth-order valence-corrected chi connectivity index (χ4v) is 11.8. The Kier molecular flexibility index (Phi) is 6.04. The molecule has 4 aliphatic carbocycles. The van der Waals surface area contributed by atoms with Crippen LogP contribution < -0.4 is 0 Å². The molecule has 10 nitrogen and oxygen atoms in total. The SMILES string of the molecule is C/C=C(/C)C(=O)OC1CC[C@]2(C)C3CCC4[C@]5(O)CC(O)[C@]6(O)C(CN7CC(C)CCC7[C@]6(C)O)[C@]5(O)C[C@@]42O[C@]13O. The van der Waals surface area contributed by atoms with E-state index in [0.29, 0.717) is 50.1 Å². The Labute approximate surface area is 247 Å². The minimum atomic E-state index is -2.06. The van der Waals surface area contributed by atoms with Crippen molar-refractivity contribution in [3.63, 3.8) is 0 Å². The van der Waals surface area contributed by atoms with Gasteiger partial charge in [0.25, 0.3) is 0 Å². The van der Waals surface area contributed by atoms with Gasteiger partial charge in [-0.3, -0.25) is 4.90 Å². The van der Waals surface area contributed by atoms with Crippen LogP contribution in [0.3, 0.4) is 0 Å². The van der Waals surface area contributed by atoms with Crippen LogP contribution in [-0.2, 0) is 14.3 Å². The number of carbonyl (C=O) groups excluding carboxylic acids is 1. The molecular weight excluding hydrogens is 542 g/mol. The maximum atomic E-state index is 12.9. The standard InChI is InChI=1S/C32H49NO9/c1-6-18(3)25(35)41-24-11-12-26(4)19-8-9-20-28(37)13-23(34)31(39)21(29(28,38)16-30(20,26)42-32(19,24)40)15-33-14-17(2)7-10-22(33)27(31,5)36/h6,17,19-24,34,36-40H,7-16H2,1-5H3/b18-6-/t17?,19?,20?,21?,22?,23?,24?,26-,27+,28-,29-,30-,31-,32+/m1/s1.